The highest BCUT2D eigenvalue weighted by Crippen LogP contribution is 2.25. The molecule has 1 amide bonds. The minimum atomic E-state index is -0.351. The van der Waals surface area contributed by atoms with Gasteiger partial charge in [0, 0.05) is 31.3 Å². The highest BCUT2D eigenvalue weighted by molar-refractivity contribution is 5.91. The molecule has 1 aromatic carbocycles. The van der Waals surface area contributed by atoms with Gasteiger partial charge in [0.1, 0.15) is 17.2 Å². The third-order valence-corrected chi connectivity index (χ3v) is 3.15. The fourth-order valence-electron chi connectivity index (χ4n) is 1.97. The Morgan fingerprint density at radius 1 is 1.23 bits per heavy atom. The van der Waals surface area contributed by atoms with E-state index >= 15 is 0 Å². The molecular formula is C15H17N3O4. The number of hydrogen-bond donors (Lipinski definition) is 1. The summed E-state index contributed by atoms with van der Waals surface area (Å²) in [6.07, 6.45) is 0. The molecule has 0 bridgehead atoms. The summed E-state index contributed by atoms with van der Waals surface area (Å²) in [6.45, 7) is 0.340. The van der Waals surface area contributed by atoms with Gasteiger partial charge in [-0.25, -0.2) is 5.10 Å². The van der Waals surface area contributed by atoms with Crippen LogP contribution in [0.25, 0.3) is 0 Å². The molecule has 1 aromatic heterocycles. The maximum Gasteiger partial charge on any atom is 0.274 e. The summed E-state index contributed by atoms with van der Waals surface area (Å²) in [5.74, 6) is 1.01. The lowest BCUT2D eigenvalue weighted by atomic mass is 10.1. The lowest BCUT2D eigenvalue weighted by Crippen LogP contribution is -2.28. The van der Waals surface area contributed by atoms with Gasteiger partial charge in [-0.2, -0.15) is 5.10 Å². The van der Waals surface area contributed by atoms with E-state index in [0.717, 1.165) is 5.56 Å². The number of nitrogens with one attached hydrogen (secondary N) is 1. The molecule has 0 aliphatic heterocycles. The second kappa shape index (κ2) is 6.75. The van der Waals surface area contributed by atoms with Crippen LogP contribution in [0.1, 0.15) is 16.1 Å². The number of carbonyl (C=O) groups is 1. The number of methoxy groups -OCH3 is 2. The minimum Gasteiger partial charge on any atom is -0.497 e. The summed E-state index contributed by atoms with van der Waals surface area (Å²) in [6, 6.07) is 8.05. The van der Waals surface area contributed by atoms with Gasteiger partial charge in [-0.3, -0.25) is 9.59 Å². The number of rotatable bonds is 5. The fraction of sp³-hybridized carbons (Fsp3) is 0.267. The maximum atomic E-state index is 12.3. The van der Waals surface area contributed by atoms with Gasteiger partial charge in [0.2, 0.25) is 0 Å². The summed E-state index contributed by atoms with van der Waals surface area (Å²) >= 11 is 0. The zero-order valence-corrected chi connectivity index (χ0v) is 12.6. The fourth-order valence-corrected chi connectivity index (χ4v) is 1.97. The van der Waals surface area contributed by atoms with Crippen molar-refractivity contribution in [3.63, 3.8) is 0 Å². The first-order valence-electron chi connectivity index (χ1n) is 6.57. The molecule has 0 saturated heterocycles. The van der Waals surface area contributed by atoms with Gasteiger partial charge in [0.05, 0.1) is 14.2 Å². The van der Waals surface area contributed by atoms with Crippen LogP contribution in [0.3, 0.4) is 0 Å². The van der Waals surface area contributed by atoms with Crippen molar-refractivity contribution in [3.05, 3.63) is 51.9 Å². The van der Waals surface area contributed by atoms with Gasteiger partial charge in [-0.15, -0.1) is 0 Å². The lowest BCUT2D eigenvalue weighted by molar-refractivity contribution is 0.0777. The Morgan fingerprint density at radius 2 is 2.00 bits per heavy atom. The van der Waals surface area contributed by atoms with E-state index in [1.54, 1.807) is 33.4 Å². The van der Waals surface area contributed by atoms with Crippen molar-refractivity contribution in [1.82, 2.24) is 15.1 Å². The van der Waals surface area contributed by atoms with E-state index in [4.69, 9.17) is 9.47 Å². The minimum absolute atomic E-state index is 0.176. The summed E-state index contributed by atoms with van der Waals surface area (Å²) in [4.78, 5) is 24.7. The average Bonchev–Trinajstić information content (AvgIpc) is 2.55. The Hall–Kier alpha value is -2.83. The number of carbonyl (C=O) groups excluding carboxylic acids is 1. The molecule has 0 fully saturated rings. The third-order valence-electron chi connectivity index (χ3n) is 3.15. The number of nitrogens with zero attached hydrogens (tertiary/aromatic N) is 2. The van der Waals surface area contributed by atoms with Crippen LogP contribution >= 0.6 is 0 Å². The van der Waals surface area contributed by atoms with Gasteiger partial charge in [0.15, 0.2) is 0 Å². The van der Waals surface area contributed by atoms with Gasteiger partial charge < -0.3 is 14.4 Å². The number of aromatic nitrogens is 2. The van der Waals surface area contributed by atoms with Crippen LogP contribution in [-0.4, -0.2) is 42.3 Å². The highest BCUT2D eigenvalue weighted by atomic mass is 16.5. The first kappa shape index (κ1) is 15.6. The van der Waals surface area contributed by atoms with Crippen molar-refractivity contribution < 1.29 is 14.3 Å². The standard InChI is InChI=1S/C15H17N3O4/c1-18(15(20)12-6-7-14(19)17-16-12)9-10-4-5-11(21-2)8-13(10)22-3/h4-8H,9H2,1-3H3,(H,17,19). The van der Waals surface area contributed by atoms with Gasteiger partial charge in [-0.1, -0.05) is 0 Å². The van der Waals surface area contributed by atoms with E-state index in [9.17, 15) is 9.59 Å². The van der Waals surface area contributed by atoms with Crippen molar-refractivity contribution >= 4 is 5.91 Å². The molecule has 0 unspecified atom stereocenters. The number of ether oxygens (including phenoxy) is 2. The molecule has 7 nitrogen and oxygen atoms in total. The predicted molar refractivity (Wildman–Crippen MR) is 80.2 cm³/mol. The van der Waals surface area contributed by atoms with Crippen molar-refractivity contribution in [2.75, 3.05) is 21.3 Å². The van der Waals surface area contributed by atoms with Crippen LogP contribution < -0.4 is 15.0 Å². The van der Waals surface area contributed by atoms with E-state index in [0.29, 0.717) is 18.0 Å². The number of hydrogen-bond acceptors (Lipinski definition) is 5. The number of H-pyrrole nitrogens is 1. The molecule has 0 aliphatic rings. The predicted octanol–water partition coefficient (Wildman–Crippen LogP) is 1.06. The van der Waals surface area contributed by atoms with Crippen molar-refractivity contribution in [2.24, 2.45) is 0 Å². The van der Waals surface area contributed by atoms with E-state index in [2.05, 4.69) is 10.2 Å². The Bertz CT molecular complexity index is 706. The van der Waals surface area contributed by atoms with Gasteiger partial charge >= 0.3 is 0 Å². The molecule has 0 spiro atoms. The average molecular weight is 303 g/mol. The zero-order chi connectivity index (χ0) is 16.1. The van der Waals surface area contributed by atoms with Crippen molar-refractivity contribution in [1.29, 1.82) is 0 Å². The number of benzene rings is 1. The second-order valence-corrected chi connectivity index (χ2v) is 4.65. The molecule has 22 heavy (non-hydrogen) atoms. The molecule has 0 atom stereocenters. The summed E-state index contributed by atoms with van der Waals surface area (Å²) in [5, 5.41) is 5.97. The van der Waals surface area contributed by atoms with Crippen LogP contribution in [0.4, 0.5) is 0 Å². The molecule has 0 radical (unpaired) electrons. The van der Waals surface area contributed by atoms with E-state index < -0.39 is 0 Å². The normalized spacial score (nSPS) is 10.1. The molecule has 2 rings (SSSR count). The quantitative estimate of drug-likeness (QED) is 0.893. The van der Waals surface area contributed by atoms with E-state index in [1.807, 2.05) is 6.07 Å². The van der Waals surface area contributed by atoms with E-state index in [-0.39, 0.29) is 17.2 Å². The van der Waals surface area contributed by atoms with Crippen LogP contribution in [0, 0.1) is 0 Å². The topological polar surface area (TPSA) is 84.5 Å². The number of aromatic amines is 1. The van der Waals surface area contributed by atoms with Crippen LogP contribution in [-0.2, 0) is 6.54 Å². The number of amides is 1. The van der Waals surface area contributed by atoms with Crippen LogP contribution in [0.2, 0.25) is 0 Å². The molecule has 0 aliphatic carbocycles. The molecule has 7 heteroatoms. The maximum absolute atomic E-state index is 12.3. The molecule has 2 aromatic rings. The molecule has 0 saturated carbocycles. The summed E-state index contributed by atoms with van der Waals surface area (Å²) < 4.78 is 10.4. The second-order valence-electron chi connectivity index (χ2n) is 4.65. The van der Waals surface area contributed by atoms with Crippen LogP contribution in [0.5, 0.6) is 11.5 Å². The Morgan fingerprint density at radius 3 is 2.59 bits per heavy atom. The molecular weight excluding hydrogens is 286 g/mol. The summed E-state index contributed by atoms with van der Waals surface area (Å²) in [5.41, 5.74) is 0.661. The molecule has 116 valence electrons. The Labute approximate surface area is 127 Å². The lowest BCUT2D eigenvalue weighted by Gasteiger charge is -2.18. The third kappa shape index (κ3) is 3.43. The monoisotopic (exact) mass is 303 g/mol. The highest BCUT2D eigenvalue weighted by Gasteiger charge is 2.16. The summed E-state index contributed by atoms with van der Waals surface area (Å²) in [7, 11) is 4.79. The first-order valence-corrected chi connectivity index (χ1v) is 6.57. The smallest absolute Gasteiger partial charge is 0.274 e. The largest absolute Gasteiger partial charge is 0.497 e. The Kier molecular flexibility index (Phi) is 4.77. The Balaban J connectivity index is 2.17. The first-order chi connectivity index (χ1) is 10.5. The molecule has 1 heterocycles. The zero-order valence-electron chi connectivity index (χ0n) is 12.6. The SMILES string of the molecule is COc1ccc(CN(C)C(=O)c2ccc(=O)[nH]n2)c(OC)c1. The van der Waals surface area contributed by atoms with Crippen LogP contribution in [0.15, 0.2) is 35.1 Å². The van der Waals surface area contributed by atoms with Gasteiger partial charge in [-0.05, 0) is 18.2 Å². The van der Waals surface area contributed by atoms with Gasteiger partial charge in [0.25, 0.3) is 11.5 Å². The van der Waals surface area contributed by atoms with E-state index in [1.165, 1.54) is 17.0 Å². The molecule has 1 N–H and O–H groups in total. The van der Waals surface area contributed by atoms with Crippen molar-refractivity contribution in [3.8, 4) is 11.5 Å². The van der Waals surface area contributed by atoms with Crippen molar-refractivity contribution in [2.45, 2.75) is 6.54 Å².